The zero-order valence-corrected chi connectivity index (χ0v) is 17.4. The molecular formula is C20H26N2O5S. The maximum atomic E-state index is 12.8. The van der Waals surface area contributed by atoms with E-state index in [9.17, 15) is 13.5 Å². The largest absolute Gasteiger partial charge is 0.504 e. The minimum atomic E-state index is -3.62. The van der Waals surface area contributed by atoms with E-state index < -0.39 is 10.0 Å². The van der Waals surface area contributed by atoms with E-state index in [2.05, 4.69) is 4.99 Å². The first kappa shape index (κ1) is 21.7. The Balaban J connectivity index is 2.50. The molecule has 0 bridgehead atoms. The molecule has 2 aromatic carbocycles. The number of ether oxygens (including phenoxy) is 2. The number of rotatable bonds is 9. The lowest BCUT2D eigenvalue weighted by Crippen LogP contribution is -2.30. The second kappa shape index (κ2) is 9.57. The van der Waals surface area contributed by atoms with Crippen LogP contribution in [0.15, 0.2) is 46.3 Å². The highest BCUT2D eigenvalue weighted by molar-refractivity contribution is 7.89. The van der Waals surface area contributed by atoms with Gasteiger partial charge < -0.3 is 14.6 Å². The molecule has 0 saturated carbocycles. The molecule has 0 fully saturated rings. The first-order valence-electron chi connectivity index (χ1n) is 9.06. The quantitative estimate of drug-likeness (QED) is 0.643. The van der Waals surface area contributed by atoms with E-state index >= 15 is 0 Å². The highest BCUT2D eigenvalue weighted by Gasteiger charge is 2.22. The van der Waals surface area contributed by atoms with Gasteiger partial charge in [-0.15, -0.1) is 0 Å². The molecule has 0 aliphatic rings. The number of hydrogen-bond acceptors (Lipinski definition) is 6. The Morgan fingerprint density at radius 3 is 2.43 bits per heavy atom. The second-order valence-corrected chi connectivity index (χ2v) is 7.75. The monoisotopic (exact) mass is 406 g/mol. The summed E-state index contributed by atoms with van der Waals surface area (Å²) in [4.78, 5) is 4.51. The van der Waals surface area contributed by atoms with Crippen molar-refractivity contribution in [3.63, 3.8) is 0 Å². The van der Waals surface area contributed by atoms with Crippen LogP contribution in [0.1, 0.15) is 26.3 Å². The molecule has 2 rings (SSSR count). The number of para-hydroxylation sites is 1. The Bertz CT molecular complexity index is 938. The van der Waals surface area contributed by atoms with Crippen LogP contribution in [0.2, 0.25) is 0 Å². The van der Waals surface area contributed by atoms with E-state index in [1.165, 1.54) is 29.8 Å². The Kier molecular flexibility index (Phi) is 7.42. The van der Waals surface area contributed by atoms with Crippen molar-refractivity contribution >= 4 is 21.9 Å². The average molecular weight is 407 g/mol. The zero-order chi connectivity index (χ0) is 20.7. The van der Waals surface area contributed by atoms with E-state index in [-0.39, 0.29) is 10.6 Å². The van der Waals surface area contributed by atoms with Crippen LogP contribution in [0, 0.1) is 0 Å². The summed E-state index contributed by atoms with van der Waals surface area (Å²) in [6, 6.07) is 9.63. The predicted molar refractivity (Wildman–Crippen MR) is 110 cm³/mol. The van der Waals surface area contributed by atoms with E-state index in [1.807, 2.05) is 6.92 Å². The summed E-state index contributed by atoms with van der Waals surface area (Å²) in [5, 5.41) is 10.2. The Hall–Kier alpha value is -2.58. The number of phenolic OH excluding ortho intramolecular Hbond substituents is 1. The predicted octanol–water partition coefficient (Wildman–Crippen LogP) is 3.58. The number of methoxy groups -OCH3 is 1. The molecule has 0 amide bonds. The SMILES string of the molecule is CCOc1ccc(S(=O)(=O)N(CC)CC)cc1N=Cc1cccc(OC)c1O. The van der Waals surface area contributed by atoms with Crippen molar-refractivity contribution in [1.82, 2.24) is 4.31 Å². The number of sulfonamides is 1. The van der Waals surface area contributed by atoms with Gasteiger partial charge in [0.1, 0.15) is 11.4 Å². The molecular weight excluding hydrogens is 380 g/mol. The fourth-order valence-corrected chi connectivity index (χ4v) is 4.17. The number of phenols is 1. The second-order valence-electron chi connectivity index (χ2n) is 5.81. The first-order valence-corrected chi connectivity index (χ1v) is 10.5. The van der Waals surface area contributed by atoms with Gasteiger partial charge in [0.25, 0.3) is 0 Å². The van der Waals surface area contributed by atoms with Crippen LogP contribution in [-0.2, 0) is 10.0 Å². The van der Waals surface area contributed by atoms with Gasteiger partial charge in [-0.05, 0) is 37.3 Å². The minimum Gasteiger partial charge on any atom is -0.504 e. The van der Waals surface area contributed by atoms with E-state index in [4.69, 9.17) is 9.47 Å². The standard InChI is InChI=1S/C20H26N2O5S/c1-5-22(6-2)28(24,25)16-11-12-18(27-7-3)17(13-16)21-14-15-9-8-10-19(26-4)20(15)23/h8-14,23H,5-7H2,1-4H3. The molecule has 0 saturated heterocycles. The normalized spacial score (nSPS) is 11.9. The Labute approximate surface area is 166 Å². The third-order valence-electron chi connectivity index (χ3n) is 4.17. The number of aromatic hydroxyl groups is 1. The molecule has 1 N–H and O–H groups in total. The van der Waals surface area contributed by atoms with Gasteiger partial charge in [-0.2, -0.15) is 4.31 Å². The van der Waals surface area contributed by atoms with Crippen molar-refractivity contribution in [2.24, 2.45) is 4.99 Å². The summed E-state index contributed by atoms with van der Waals surface area (Å²) in [6.07, 6.45) is 1.45. The topological polar surface area (TPSA) is 88.4 Å². The molecule has 7 nitrogen and oxygen atoms in total. The van der Waals surface area contributed by atoms with Gasteiger partial charge in [0.05, 0.1) is 18.6 Å². The summed E-state index contributed by atoms with van der Waals surface area (Å²) in [5.74, 6) is 0.741. The van der Waals surface area contributed by atoms with E-state index in [0.717, 1.165) is 0 Å². The van der Waals surface area contributed by atoms with Crippen molar-refractivity contribution in [1.29, 1.82) is 0 Å². The molecule has 0 unspecified atom stereocenters. The smallest absolute Gasteiger partial charge is 0.243 e. The number of hydrogen-bond donors (Lipinski definition) is 1. The zero-order valence-electron chi connectivity index (χ0n) is 16.5. The summed E-state index contributed by atoms with van der Waals surface area (Å²) in [5.41, 5.74) is 0.802. The van der Waals surface area contributed by atoms with Gasteiger partial charge >= 0.3 is 0 Å². The van der Waals surface area contributed by atoms with Crippen molar-refractivity contribution in [2.75, 3.05) is 26.8 Å². The number of benzene rings is 2. The van der Waals surface area contributed by atoms with Crippen molar-refractivity contribution in [3.05, 3.63) is 42.0 Å². The first-order chi connectivity index (χ1) is 13.4. The Morgan fingerprint density at radius 1 is 1.11 bits per heavy atom. The maximum Gasteiger partial charge on any atom is 0.243 e. The maximum absolute atomic E-state index is 12.8. The molecule has 0 spiro atoms. The fourth-order valence-electron chi connectivity index (χ4n) is 2.70. The Morgan fingerprint density at radius 2 is 1.82 bits per heavy atom. The molecule has 0 atom stereocenters. The third-order valence-corrected chi connectivity index (χ3v) is 6.21. The molecule has 152 valence electrons. The van der Waals surface area contributed by atoms with E-state index in [1.54, 1.807) is 38.1 Å². The summed E-state index contributed by atoms with van der Waals surface area (Å²) in [6.45, 7) is 6.59. The van der Waals surface area contributed by atoms with Gasteiger partial charge in [-0.1, -0.05) is 19.9 Å². The van der Waals surface area contributed by atoms with Crippen LogP contribution in [-0.4, -0.2) is 50.9 Å². The van der Waals surface area contributed by atoms with Crippen LogP contribution in [0.3, 0.4) is 0 Å². The molecule has 0 aliphatic carbocycles. The molecule has 2 aromatic rings. The highest BCUT2D eigenvalue weighted by atomic mass is 32.2. The minimum absolute atomic E-state index is 0.0429. The van der Waals surface area contributed by atoms with Crippen molar-refractivity contribution in [3.8, 4) is 17.2 Å². The van der Waals surface area contributed by atoms with E-state index in [0.29, 0.717) is 42.4 Å². The van der Waals surface area contributed by atoms with Gasteiger partial charge in [0.2, 0.25) is 10.0 Å². The van der Waals surface area contributed by atoms with Crippen molar-refractivity contribution in [2.45, 2.75) is 25.7 Å². The van der Waals surface area contributed by atoms with Crippen LogP contribution in [0.4, 0.5) is 5.69 Å². The van der Waals surface area contributed by atoms with Gasteiger partial charge in [-0.3, -0.25) is 4.99 Å². The van der Waals surface area contributed by atoms with Crippen LogP contribution in [0.5, 0.6) is 17.2 Å². The van der Waals surface area contributed by atoms with Gasteiger partial charge in [0, 0.05) is 24.9 Å². The van der Waals surface area contributed by atoms with Crippen LogP contribution in [0.25, 0.3) is 0 Å². The third kappa shape index (κ3) is 4.63. The lowest BCUT2D eigenvalue weighted by Gasteiger charge is -2.19. The van der Waals surface area contributed by atoms with Crippen molar-refractivity contribution < 1.29 is 23.0 Å². The summed E-state index contributed by atoms with van der Waals surface area (Å²) in [7, 11) is -2.16. The summed E-state index contributed by atoms with van der Waals surface area (Å²) >= 11 is 0. The van der Waals surface area contributed by atoms with Crippen LogP contribution >= 0.6 is 0 Å². The van der Waals surface area contributed by atoms with Gasteiger partial charge in [-0.25, -0.2) is 8.42 Å². The van der Waals surface area contributed by atoms with Gasteiger partial charge in [0.15, 0.2) is 11.5 Å². The number of nitrogens with zero attached hydrogens (tertiary/aromatic N) is 2. The molecule has 28 heavy (non-hydrogen) atoms. The average Bonchev–Trinajstić information content (AvgIpc) is 2.69. The summed E-state index contributed by atoms with van der Waals surface area (Å²) < 4.78 is 37.7. The molecule has 0 radical (unpaired) electrons. The molecule has 0 aliphatic heterocycles. The molecule has 8 heteroatoms. The lowest BCUT2D eigenvalue weighted by molar-refractivity contribution is 0.341. The fraction of sp³-hybridized carbons (Fsp3) is 0.350. The number of aliphatic imine (C=N–C) groups is 1. The molecule has 0 heterocycles. The lowest BCUT2D eigenvalue weighted by atomic mass is 10.2. The molecule has 0 aromatic heterocycles. The highest BCUT2D eigenvalue weighted by Crippen LogP contribution is 2.33. The van der Waals surface area contributed by atoms with Crippen LogP contribution < -0.4 is 9.47 Å².